The first-order chi connectivity index (χ1) is 8.32. The minimum absolute atomic E-state index is 0.0633. The highest BCUT2D eigenvalue weighted by molar-refractivity contribution is 5.76. The molecule has 0 spiro atoms. The number of nitrogens with zero attached hydrogens (tertiary/aromatic N) is 1. The molecule has 0 fully saturated rings. The Hall–Kier alpha value is -1.51. The maximum absolute atomic E-state index is 11.1. The molecule has 98 valence electrons. The zero-order valence-corrected chi connectivity index (χ0v) is 11.5. The maximum atomic E-state index is 11.1. The van der Waals surface area contributed by atoms with E-state index in [-0.39, 0.29) is 12.1 Å². The van der Waals surface area contributed by atoms with Gasteiger partial charge in [-0.3, -0.25) is 4.79 Å². The highest BCUT2D eigenvalue weighted by Gasteiger charge is 2.39. The topological polar surface area (TPSA) is 40.5 Å². The van der Waals surface area contributed by atoms with Gasteiger partial charge in [0, 0.05) is 11.2 Å². The summed E-state index contributed by atoms with van der Waals surface area (Å²) in [5, 5.41) is 9.14. The third kappa shape index (κ3) is 2.09. The molecule has 1 aliphatic heterocycles. The standard InChI is InChI=1S/C15H21NO2/c1-10-5-6-12-8-11(2)15(3,4)16(9-14(17)18)13(12)7-10/h5-7,11H,8-9H2,1-4H3,(H,17,18). The molecule has 1 atom stereocenters. The highest BCUT2D eigenvalue weighted by Crippen LogP contribution is 2.40. The predicted molar refractivity (Wildman–Crippen MR) is 73.1 cm³/mol. The Bertz CT molecular complexity index is 479. The van der Waals surface area contributed by atoms with E-state index in [9.17, 15) is 4.79 Å². The van der Waals surface area contributed by atoms with E-state index in [0.717, 1.165) is 12.1 Å². The fourth-order valence-electron chi connectivity index (χ4n) is 2.68. The number of carbonyl (C=O) groups is 1. The molecule has 0 radical (unpaired) electrons. The van der Waals surface area contributed by atoms with E-state index in [2.05, 4.69) is 39.0 Å². The molecule has 1 N–H and O–H groups in total. The number of fused-ring (bicyclic) bond motifs is 1. The Morgan fingerprint density at radius 2 is 2.17 bits per heavy atom. The van der Waals surface area contributed by atoms with Crippen molar-refractivity contribution in [1.29, 1.82) is 0 Å². The van der Waals surface area contributed by atoms with Gasteiger partial charge in [-0.1, -0.05) is 19.1 Å². The third-order valence-electron chi connectivity index (χ3n) is 4.25. The fraction of sp³-hybridized carbons (Fsp3) is 0.533. The molecule has 1 aromatic rings. The predicted octanol–water partition coefficient (Wildman–Crippen LogP) is 2.86. The molecule has 1 heterocycles. The highest BCUT2D eigenvalue weighted by atomic mass is 16.4. The van der Waals surface area contributed by atoms with Gasteiger partial charge in [-0.15, -0.1) is 0 Å². The lowest BCUT2D eigenvalue weighted by molar-refractivity contribution is -0.135. The van der Waals surface area contributed by atoms with Crippen LogP contribution in [0.3, 0.4) is 0 Å². The van der Waals surface area contributed by atoms with Crippen LogP contribution in [0, 0.1) is 12.8 Å². The molecule has 1 aliphatic rings. The largest absolute Gasteiger partial charge is 0.480 e. The SMILES string of the molecule is Cc1ccc2c(c1)N(CC(=O)O)C(C)(C)C(C)C2. The van der Waals surface area contributed by atoms with E-state index in [1.54, 1.807) is 0 Å². The van der Waals surface area contributed by atoms with Crippen molar-refractivity contribution < 1.29 is 9.90 Å². The second-order valence-electron chi connectivity index (χ2n) is 5.87. The number of anilines is 1. The molecule has 1 unspecified atom stereocenters. The van der Waals surface area contributed by atoms with Crippen molar-refractivity contribution in [2.24, 2.45) is 5.92 Å². The Morgan fingerprint density at radius 1 is 1.50 bits per heavy atom. The van der Waals surface area contributed by atoms with Crippen molar-refractivity contribution in [3.05, 3.63) is 29.3 Å². The Balaban J connectivity index is 2.51. The van der Waals surface area contributed by atoms with Crippen molar-refractivity contribution in [2.75, 3.05) is 11.4 Å². The van der Waals surface area contributed by atoms with Crippen LogP contribution in [0.1, 0.15) is 31.9 Å². The van der Waals surface area contributed by atoms with Crippen molar-refractivity contribution in [2.45, 2.75) is 39.7 Å². The number of rotatable bonds is 2. The van der Waals surface area contributed by atoms with Gasteiger partial charge in [-0.25, -0.2) is 0 Å². The van der Waals surface area contributed by atoms with Crippen LogP contribution in [0.4, 0.5) is 5.69 Å². The van der Waals surface area contributed by atoms with Crippen molar-refractivity contribution in [1.82, 2.24) is 0 Å². The summed E-state index contributed by atoms with van der Waals surface area (Å²) in [6.07, 6.45) is 1.01. The molecule has 1 aromatic carbocycles. The second-order valence-corrected chi connectivity index (χ2v) is 5.87. The van der Waals surface area contributed by atoms with Gasteiger partial charge in [-0.2, -0.15) is 0 Å². The summed E-state index contributed by atoms with van der Waals surface area (Å²) in [5.74, 6) is -0.336. The second kappa shape index (κ2) is 4.30. The zero-order valence-electron chi connectivity index (χ0n) is 11.5. The van der Waals surface area contributed by atoms with Crippen LogP contribution < -0.4 is 4.90 Å². The Morgan fingerprint density at radius 3 is 2.78 bits per heavy atom. The third-order valence-corrected chi connectivity index (χ3v) is 4.25. The summed E-state index contributed by atoms with van der Waals surface area (Å²) in [6, 6.07) is 6.33. The first kappa shape index (κ1) is 12.9. The van der Waals surface area contributed by atoms with Crippen LogP contribution in [-0.2, 0) is 11.2 Å². The Kier molecular flexibility index (Phi) is 3.09. The van der Waals surface area contributed by atoms with Crippen LogP contribution in [0.5, 0.6) is 0 Å². The quantitative estimate of drug-likeness (QED) is 0.873. The van der Waals surface area contributed by atoms with Gasteiger partial charge in [0.05, 0.1) is 0 Å². The first-order valence-corrected chi connectivity index (χ1v) is 6.41. The molecular weight excluding hydrogens is 226 g/mol. The molecular formula is C15H21NO2. The van der Waals surface area contributed by atoms with Crippen LogP contribution in [0.15, 0.2) is 18.2 Å². The van der Waals surface area contributed by atoms with Gasteiger partial charge < -0.3 is 10.0 Å². The lowest BCUT2D eigenvalue weighted by atomic mass is 9.78. The van der Waals surface area contributed by atoms with Gasteiger partial charge in [-0.05, 0) is 50.3 Å². The van der Waals surface area contributed by atoms with E-state index in [0.29, 0.717) is 5.92 Å². The number of carboxylic acid groups (broad SMARTS) is 1. The summed E-state index contributed by atoms with van der Waals surface area (Å²) >= 11 is 0. The number of aliphatic carboxylic acids is 1. The number of carboxylic acids is 1. The van der Waals surface area contributed by atoms with E-state index < -0.39 is 5.97 Å². The number of benzene rings is 1. The molecule has 0 saturated carbocycles. The lowest BCUT2D eigenvalue weighted by Crippen LogP contribution is -2.54. The minimum Gasteiger partial charge on any atom is -0.480 e. The van der Waals surface area contributed by atoms with Crippen LogP contribution in [0.25, 0.3) is 0 Å². The molecule has 3 nitrogen and oxygen atoms in total. The Labute approximate surface area is 108 Å². The van der Waals surface area contributed by atoms with E-state index in [4.69, 9.17) is 5.11 Å². The molecule has 0 aromatic heterocycles. The maximum Gasteiger partial charge on any atom is 0.323 e. The summed E-state index contributed by atoms with van der Waals surface area (Å²) in [7, 11) is 0. The smallest absolute Gasteiger partial charge is 0.323 e. The molecule has 0 saturated heterocycles. The van der Waals surface area contributed by atoms with Crippen molar-refractivity contribution in [3.8, 4) is 0 Å². The fourth-order valence-corrected chi connectivity index (χ4v) is 2.68. The van der Waals surface area contributed by atoms with Crippen molar-refractivity contribution in [3.63, 3.8) is 0 Å². The molecule has 18 heavy (non-hydrogen) atoms. The lowest BCUT2D eigenvalue weighted by Gasteiger charge is -2.48. The van der Waals surface area contributed by atoms with Gasteiger partial charge >= 0.3 is 5.97 Å². The van der Waals surface area contributed by atoms with E-state index in [1.807, 2.05) is 11.8 Å². The summed E-state index contributed by atoms with van der Waals surface area (Å²) < 4.78 is 0. The van der Waals surface area contributed by atoms with Gasteiger partial charge in [0.25, 0.3) is 0 Å². The zero-order chi connectivity index (χ0) is 13.5. The van der Waals surface area contributed by atoms with E-state index in [1.165, 1.54) is 11.1 Å². The first-order valence-electron chi connectivity index (χ1n) is 6.41. The summed E-state index contributed by atoms with van der Waals surface area (Å²) in [5.41, 5.74) is 3.39. The minimum atomic E-state index is -0.773. The normalized spacial score (nSPS) is 21.6. The summed E-state index contributed by atoms with van der Waals surface area (Å²) in [6.45, 7) is 8.56. The average Bonchev–Trinajstić information content (AvgIpc) is 2.26. The van der Waals surface area contributed by atoms with Gasteiger partial charge in [0.2, 0.25) is 0 Å². The molecule has 0 amide bonds. The van der Waals surface area contributed by atoms with Crippen molar-refractivity contribution >= 4 is 11.7 Å². The monoisotopic (exact) mass is 247 g/mol. The van der Waals surface area contributed by atoms with Crippen LogP contribution in [-0.4, -0.2) is 23.2 Å². The van der Waals surface area contributed by atoms with Crippen LogP contribution >= 0.6 is 0 Å². The summed E-state index contributed by atoms with van der Waals surface area (Å²) in [4.78, 5) is 13.1. The molecule has 0 bridgehead atoms. The van der Waals surface area contributed by atoms with Crippen LogP contribution in [0.2, 0.25) is 0 Å². The average molecular weight is 247 g/mol. The molecule has 3 heteroatoms. The van der Waals surface area contributed by atoms with Gasteiger partial charge in [0.1, 0.15) is 6.54 Å². The number of hydrogen-bond donors (Lipinski definition) is 1. The van der Waals surface area contributed by atoms with E-state index >= 15 is 0 Å². The molecule has 0 aliphatic carbocycles. The number of hydrogen-bond acceptors (Lipinski definition) is 2. The number of aryl methyl sites for hydroxylation is 1. The molecule has 2 rings (SSSR count). The van der Waals surface area contributed by atoms with Gasteiger partial charge in [0.15, 0.2) is 0 Å².